The quantitative estimate of drug-likeness (QED) is 0.711. The predicted octanol–water partition coefficient (Wildman–Crippen LogP) is 4.04. The Balaban J connectivity index is 1.85. The monoisotopic (exact) mass is 370 g/mol. The van der Waals surface area contributed by atoms with Gasteiger partial charge in [0.25, 0.3) is 0 Å². The zero-order valence-corrected chi connectivity index (χ0v) is 17.2. The van der Waals surface area contributed by atoms with Crippen LogP contribution < -0.4 is 5.46 Å². The van der Waals surface area contributed by atoms with Crippen LogP contribution in [0, 0.1) is 22.7 Å². The molecule has 1 aliphatic carbocycles. The molecule has 0 amide bonds. The van der Waals surface area contributed by atoms with Gasteiger partial charge in [0.15, 0.2) is 0 Å². The number of nitriles is 2. The second-order valence-electron chi connectivity index (χ2n) is 9.19. The number of nitrogens with zero attached hydrogens (tertiary/aromatic N) is 2. The summed E-state index contributed by atoms with van der Waals surface area (Å²) >= 11 is 0. The van der Waals surface area contributed by atoms with Crippen LogP contribution >= 0.6 is 0 Å². The van der Waals surface area contributed by atoms with Crippen molar-refractivity contribution in [3.63, 3.8) is 0 Å². The molecule has 0 aromatic heterocycles. The Bertz CT molecular complexity index is 1070. The van der Waals surface area contributed by atoms with Crippen molar-refractivity contribution in [3.05, 3.63) is 52.6 Å². The Morgan fingerprint density at radius 2 is 1.46 bits per heavy atom. The third-order valence-corrected chi connectivity index (χ3v) is 6.55. The van der Waals surface area contributed by atoms with Crippen LogP contribution in [0.1, 0.15) is 63.8 Å². The zero-order chi connectivity index (χ0) is 20.5. The van der Waals surface area contributed by atoms with Crippen LogP contribution in [0.25, 0.3) is 11.1 Å². The summed E-state index contributed by atoms with van der Waals surface area (Å²) in [7, 11) is -0.431. The maximum Gasteiger partial charge on any atom is 0.494 e. The molecule has 1 heterocycles. The molecule has 0 atom stereocenters. The van der Waals surface area contributed by atoms with Crippen LogP contribution in [0.5, 0.6) is 0 Å². The molecule has 2 aromatic rings. The molecule has 1 aliphatic heterocycles. The summed E-state index contributed by atoms with van der Waals surface area (Å²) in [6.07, 6.45) is 0. The van der Waals surface area contributed by atoms with Crippen molar-refractivity contribution < 1.29 is 9.31 Å². The van der Waals surface area contributed by atoms with E-state index >= 15 is 0 Å². The average Bonchev–Trinajstić information content (AvgIpc) is 3.00. The highest BCUT2D eigenvalue weighted by Crippen LogP contribution is 2.50. The van der Waals surface area contributed by atoms with Crippen LogP contribution in [0.15, 0.2) is 30.3 Å². The fourth-order valence-electron chi connectivity index (χ4n) is 4.25. The van der Waals surface area contributed by atoms with E-state index in [-0.39, 0.29) is 5.41 Å². The molecule has 2 aliphatic rings. The van der Waals surface area contributed by atoms with Crippen molar-refractivity contribution in [3.8, 4) is 23.3 Å². The molecular weight excluding hydrogens is 347 g/mol. The lowest BCUT2D eigenvalue weighted by atomic mass is 9.74. The van der Waals surface area contributed by atoms with Gasteiger partial charge < -0.3 is 9.31 Å². The highest BCUT2D eigenvalue weighted by molar-refractivity contribution is 6.62. The molecule has 0 N–H and O–H groups in total. The summed E-state index contributed by atoms with van der Waals surface area (Å²) in [5.41, 5.74) is 5.04. The molecule has 140 valence electrons. The largest absolute Gasteiger partial charge is 0.494 e. The first kappa shape index (κ1) is 18.8. The fraction of sp³-hybridized carbons (Fsp3) is 0.391. The molecule has 4 rings (SSSR count). The van der Waals surface area contributed by atoms with Gasteiger partial charge >= 0.3 is 7.12 Å². The summed E-state index contributed by atoms with van der Waals surface area (Å²) in [6, 6.07) is 14.2. The molecule has 0 unspecified atom stereocenters. The van der Waals surface area contributed by atoms with Gasteiger partial charge in [-0.3, -0.25) is 0 Å². The van der Waals surface area contributed by atoms with Gasteiger partial charge in [0.05, 0.1) is 34.5 Å². The van der Waals surface area contributed by atoms with E-state index in [4.69, 9.17) is 9.31 Å². The van der Waals surface area contributed by atoms with Crippen molar-refractivity contribution >= 4 is 12.6 Å². The number of rotatable bonds is 1. The maximum absolute atomic E-state index is 9.68. The zero-order valence-electron chi connectivity index (χ0n) is 17.2. The van der Waals surface area contributed by atoms with Crippen LogP contribution in [-0.4, -0.2) is 18.3 Å². The van der Waals surface area contributed by atoms with Crippen molar-refractivity contribution in [1.29, 1.82) is 10.5 Å². The minimum absolute atomic E-state index is 0.344. The lowest BCUT2D eigenvalue weighted by molar-refractivity contribution is 0.00578. The van der Waals surface area contributed by atoms with Gasteiger partial charge in [-0.25, -0.2) is 0 Å². The Kier molecular flexibility index (Phi) is 3.82. The minimum atomic E-state index is -0.431. The molecule has 28 heavy (non-hydrogen) atoms. The summed E-state index contributed by atoms with van der Waals surface area (Å²) in [5.74, 6) is 0. The third-order valence-electron chi connectivity index (χ3n) is 6.55. The van der Waals surface area contributed by atoms with Crippen LogP contribution in [0.4, 0.5) is 0 Å². The summed E-state index contributed by atoms with van der Waals surface area (Å²) in [6.45, 7) is 12.4. The van der Waals surface area contributed by atoms with E-state index in [0.29, 0.717) is 11.1 Å². The third kappa shape index (κ3) is 2.44. The Morgan fingerprint density at radius 3 is 2.04 bits per heavy atom. The van der Waals surface area contributed by atoms with Crippen LogP contribution in [-0.2, 0) is 14.7 Å². The first-order valence-corrected chi connectivity index (χ1v) is 9.51. The molecule has 0 bridgehead atoms. The summed E-state index contributed by atoms with van der Waals surface area (Å²) in [5, 5.41) is 19.0. The van der Waals surface area contributed by atoms with E-state index < -0.39 is 18.3 Å². The highest BCUT2D eigenvalue weighted by atomic mass is 16.7. The Hall–Kier alpha value is -2.60. The lowest BCUT2D eigenvalue weighted by Crippen LogP contribution is -2.41. The number of fused-ring (bicyclic) bond motifs is 3. The molecule has 1 saturated heterocycles. The molecule has 5 heteroatoms. The second-order valence-corrected chi connectivity index (χ2v) is 9.19. The second kappa shape index (κ2) is 5.71. The molecule has 2 aromatic carbocycles. The van der Waals surface area contributed by atoms with Gasteiger partial charge in [0.2, 0.25) is 0 Å². The molecule has 0 saturated carbocycles. The van der Waals surface area contributed by atoms with E-state index in [1.54, 1.807) is 6.07 Å². The summed E-state index contributed by atoms with van der Waals surface area (Å²) in [4.78, 5) is 0. The first-order chi connectivity index (χ1) is 13.0. The smallest absolute Gasteiger partial charge is 0.399 e. The van der Waals surface area contributed by atoms with Gasteiger partial charge in [-0.2, -0.15) is 10.5 Å². The van der Waals surface area contributed by atoms with Crippen molar-refractivity contribution in [2.75, 3.05) is 0 Å². The van der Waals surface area contributed by atoms with E-state index in [1.807, 2.05) is 39.8 Å². The Labute approximate surface area is 166 Å². The predicted molar refractivity (Wildman–Crippen MR) is 109 cm³/mol. The number of hydrogen-bond acceptors (Lipinski definition) is 4. The number of hydrogen-bond donors (Lipinski definition) is 0. The van der Waals surface area contributed by atoms with E-state index in [2.05, 4.69) is 38.1 Å². The Morgan fingerprint density at radius 1 is 0.821 bits per heavy atom. The van der Waals surface area contributed by atoms with Crippen molar-refractivity contribution in [2.24, 2.45) is 0 Å². The van der Waals surface area contributed by atoms with E-state index in [9.17, 15) is 10.5 Å². The van der Waals surface area contributed by atoms with Crippen LogP contribution in [0.3, 0.4) is 0 Å². The molecule has 1 fully saturated rings. The summed E-state index contributed by atoms with van der Waals surface area (Å²) < 4.78 is 12.4. The highest BCUT2D eigenvalue weighted by Gasteiger charge is 2.52. The molecule has 0 spiro atoms. The van der Waals surface area contributed by atoms with Crippen LogP contribution in [0.2, 0.25) is 0 Å². The first-order valence-electron chi connectivity index (χ1n) is 9.51. The van der Waals surface area contributed by atoms with Crippen molar-refractivity contribution in [2.45, 2.75) is 58.2 Å². The minimum Gasteiger partial charge on any atom is -0.399 e. The molecule has 4 nitrogen and oxygen atoms in total. The van der Waals surface area contributed by atoms with Gasteiger partial charge in [-0.05, 0) is 67.5 Å². The molecular formula is C23H23BN2O2. The van der Waals surface area contributed by atoms with E-state index in [1.165, 1.54) is 0 Å². The SMILES string of the molecule is CC1(C)c2cc(B3OC(C)(C)C(C)(C)O3)ccc2-c2cc(C#N)cc(C#N)c21. The van der Waals surface area contributed by atoms with Gasteiger partial charge in [0, 0.05) is 5.41 Å². The average molecular weight is 370 g/mol. The molecule has 0 radical (unpaired) electrons. The topological polar surface area (TPSA) is 66.0 Å². The normalized spacial score (nSPS) is 20.2. The van der Waals surface area contributed by atoms with E-state index in [0.717, 1.165) is 27.7 Å². The number of benzene rings is 2. The maximum atomic E-state index is 9.68. The standard InChI is InChI=1S/C23H23BN2O2/c1-21(2)19-11-16(24-27-22(3,4)23(5,6)28-24)7-8-17(19)18-10-14(12-25)9-15(13-26)20(18)21/h7-11H,1-6H3. The van der Waals surface area contributed by atoms with Gasteiger partial charge in [-0.15, -0.1) is 0 Å². The van der Waals surface area contributed by atoms with Gasteiger partial charge in [0.1, 0.15) is 0 Å². The van der Waals surface area contributed by atoms with Crippen molar-refractivity contribution in [1.82, 2.24) is 0 Å². The van der Waals surface area contributed by atoms with Gasteiger partial charge in [-0.1, -0.05) is 32.0 Å². The lowest BCUT2D eigenvalue weighted by Gasteiger charge is -2.32. The fourth-order valence-corrected chi connectivity index (χ4v) is 4.25.